The van der Waals surface area contributed by atoms with Gasteiger partial charge in [0.2, 0.25) is 0 Å². The predicted molar refractivity (Wildman–Crippen MR) is 30.1 cm³/mol. The van der Waals surface area contributed by atoms with E-state index in [9.17, 15) is 0 Å². The molecule has 0 aromatic rings. The molecule has 0 atom stereocenters. The number of hydrogen-bond donors (Lipinski definition) is 1. The summed E-state index contributed by atoms with van der Waals surface area (Å²) in [5, 5.41) is 0. The van der Waals surface area contributed by atoms with Crippen LogP contribution in [0.1, 0.15) is 0 Å². The van der Waals surface area contributed by atoms with Gasteiger partial charge in [-0.2, -0.15) is 11.8 Å². The number of nitrogens with one attached hydrogen (secondary N) is 1. The summed E-state index contributed by atoms with van der Waals surface area (Å²) < 4.78 is 0. The zero-order valence-corrected chi connectivity index (χ0v) is 4.85. The molecule has 0 spiro atoms. The van der Waals surface area contributed by atoms with Crippen LogP contribution in [0.25, 0.3) is 0 Å². The molecule has 36 valence electrons. The van der Waals surface area contributed by atoms with Crippen LogP contribution in [0, 0.1) is 0 Å². The highest BCUT2D eigenvalue weighted by Crippen LogP contribution is 2.16. The molecule has 1 N–H and O–H groups in total. The van der Waals surface area contributed by atoms with Gasteiger partial charge in [-0.15, -0.1) is 0 Å². The minimum absolute atomic E-state index is 0.594. The van der Waals surface area contributed by atoms with Crippen LogP contribution >= 0.6 is 23.5 Å². The van der Waals surface area contributed by atoms with Crippen molar-refractivity contribution in [2.75, 3.05) is 11.5 Å². The maximum absolute atomic E-state index is 5.24. The summed E-state index contributed by atoms with van der Waals surface area (Å²) in [6.07, 6.45) is 0. The third kappa shape index (κ3) is 0.806. The number of hydrogen-bond acceptors (Lipinski definition) is 2. The summed E-state index contributed by atoms with van der Waals surface area (Å²) in [5.41, 5.74) is 0. The van der Waals surface area contributed by atoms with E-state index in [0.29, 0.717) is 6.04 Å². The van der Waals surface area contributed by atoms with Crippen LogP contribution in [0.5, 0.6) is 0 Å². The molecule has 1 nitrogen and oxygen atoms in total. The van der Waals surface area contributed by atoms with E-state index in [4.69, 9.17) is 11.8 Å². The Bertz CT molecular complexity index is 43.3. The smallest absolute Gasteiger partial charge is 0.0402 e. The zero-order valence-electron chi connectivity index (χ0n) is 3.28. The normalized spacial score (nSPS) is 23.5. The summed E-state index contributed by atoms with van der Waals surface area (Å²) in [6, 6.07) is 0.594. The lowest BCUT2D eigenvalue weighted by Crippen LogP contribution is -2.34. The van der Waals surface area contributed by atoms with Crippen LogP contribution in [0.15, 0.2) is 0 Å². The number of thioether (sulfide) groups is 1. The van der Waals surface area contributed by atoms with Crippen LogP contribution < -0.4 is 4.84 Å². The van der Waals surface area contributed by atoms with Gasteiger partial charge in [-0.3, -0.25) is 0 Å². The Morgan fingerprint density at radius 2 is 2.33 bits per heavy atom. The SMILES string of the molecule is ClNC1CSC1. The fourth-order valence-corrected chi connectivity index (χ4v) is 1.27. The van der Waals surface area contributed by atoms with Crippen LogP contribution in [-0.4, -0.2) is 17.5 Å². The molecule has 0 aromatic heterocycles. The third-order valence-electron chi connectivity index (χ3n) is 0.792. The van der Waals surface area contributed by atoms with Crippen molar-refractivity contribution in [2.24, 2.45) is 0 Å². The minimum Gasteiger partial charge on any atom is -0.229 e. The summed E-state index contributed by atoms with van der Waals surface area (Å²) in [4.78, 5) is 2.65. The van der Waals surface area contributed by atoms with E-state index < -0.39 is 0 Å². The number of rotatable bonds is 1. The van der Waals surface area contributed by atoms with Gasteiger partial charge >= 0.3 is 0 Å². The fraction of sp³-hybridized carbons (Fsp3) is 1.00. The summed E-state index contributed by atoms with van der Waals surface area (Å²) in [5.74, 6) is 2.37. The Hall–Kier alpha value is 0.600. The average Bonchev–Trinajstić information content (AvgIpc) is 1.31. The first-order valence-electron chi connectivity index (χ1n) is 1.87. The van der Waals surface area contributed by atoms with E-state index in [1.54, 1.807) is 0 Å². The summed E-state index contributed by atoms with van der Waals surface area (Å²) in [6.45, 7) is 0. The van der Waals surface area contributed by atoms with Crippen molar-refractivity contribution in [1.82, 2.24) is 4.84 Å². The summed E-state index contributed by atoms with van der Waals surface area (Å²) in [7, 11) is 0. The minimum atomic E-state index is 0.594. The van der Waals surface area contributed by atoms with Gasteiger partial charge in [-0.05, 0) is 11.8 Å². The Labute approximate surface area is 46.6 Å². The lowest BCUT2D eigenvalue weighted by atomic mass is 10.4. The largest absolute Gasteiger partial charge is 0.229 e. The molecule has 0 bridgehead atoms. The van der Waals surface area contributed by atoms with Gasteiger partial charge in [0.25, 0.3) is 0 Å². The van der Waals surface area contributed by atoms with E-state index in [2.05, 4.69) is 4.84 Å². The van der Waals surface area contributed by atoms with E-state index in [1.165, 1.54) is 11.5 Å². The van der Waals surface area contributed by atoms with Crippen molar-refractivity contribution in [3.05, 3.63) is 0 Å². The van der Waals surface area contributed by atoms with Crippen molar-refractivity contribution < 1.29 is 0 Å². The van der Waals surface area contributed by atoms with Crippen LogP contribution in [0.3, 0.4) is 0 Å². The van der Waals surface area contributed by atoms with Crippen LogP contribution in [0.2, 0.25) is 0 Å². The molecule has 1 fully saturated rings. The van der Waals surface area contributed by atoms with Crippen molar-refractivity contribution >= 4 is 23.5 Å². The standard InChI is InChI=1S/C3H6ClNS/c4-5-3-1-6-2-3/h3,5H,1-2H2. The lowest BCUT2D eigenvalue weighted by molar-refractivity contribution is 0.750. The Balaban J connectivity index is 2.01. The fourth-order valence-electron chi connectivity index (χ4n) is 0.299. The van der Waals surface area contributed by atoms with Crippen molar-refractivity contribution in [2.45, 2.75) is 6.04 Å². The second-order valence-electron chi connectivity index (χ2n) is 1.34. The molecule has 0 radical (unpaired) electrons. The van der Waals surface area contributed by atoms with E-state index in [1.807, 2.05) is 11.8 Å². The van der Waals surface area contributed by atoms with Crippen molar-refractivity contribution in [1.29, 1.82) is 0 Å². The van der Waals surface area contributed by atoms with Gasteiger partial charge in [-0.1, -0.05) is 0 Å². The molecule has 0 amide bonds. The second-order valence-corrected chi connectivity index (χ2v) is 2.64. The molecule has 3 heteroatoms. The van der Waals surface area contributed by atoms with Gasteiger partial charge in [-0.25, -0.2) is 4.84 Å². The predicted octanol–water partition coefficient (Wildman–Crippen LogP) is 0.845. The highest BCUT2D eigenvalue weighted by molar-refractivity contribution is 8.00. The van der Waals surface area contributed by atoms with Gasteiger partial charge in [0.1, 0.15) is 0 Å². The van der Waals surface area contributed by atoms with Gasteiger partial charge in [0.15, 0.2) is 0 Å². The molecule has 6 heavy (non-hydrogen) atoms. The molecule has 1 aliphatic rings. The quantitative estimate of drug-likeness (QED) is 0.519. The van der Waals surface area contributed by atoms with Gasteiger partial charge in [0.05, 0.1) is 0 Å². The van der Waals surface area contributed by atoms with Crippen molar-refractivity contribution in [3.8, 4) is 0 Å². The van der Waals surface area contributed by atoms with Gasteiger partial charge in [0, 0.05) is 17.5 Å². The molecule has 0 unspecified atom stereocenters. The Morgan fingerprint density at radius 3 is 2.33 bits per heavy atom. The monoisotopic (exact) mass is 123 g/mol. The van der Waals surface area contributed by atoms with Crippen molar-refractivity contribution in [3.63, 3.8) is 0 Å². The second kappa shape index (κ2) is 2.05. The molecular formula is C3H6ClNS. The average molecular weight is 124 g/mol. The first kappa shape index (κ1) is 4.75. The topological polar surface area (TPSA) is 12.0 Å². The molecular weight excluding hydrogens is 118 g/mol. The maximum atomic E-state index is 5.24. The van der Waals surface area contributed by atoms with E-state index in [-0.39, 0.29) is 0 Å². The Morgan fingerprint density at radius 1 is 1.67 bits per heavy atom. The lowest BCUT2D eigenvalue weighted by Gasteiger charge is -2.21. The molecule has 1 rings (SSSR count). The zero-order chi connectivity index (χ0) is 4.41. The molecule has 1 aliphatic heterocycles. The highest BCUT2D eigenvalue weighted by Gasteiger charge is 2.15. The van der Waals surface area contributed by atoms with Crippen LogP contribution in [0.4, 0.5) is 0 Å². The van der Waals surface area contributed by atoms with Crippen LogP contribution in [-0.2, 0) is 0 Å². The van der Waals surface area contributed by atoms with Gasteiger partial charge < -0.3 is 0 Å². The van der Waals surface area contributed by atoms with E-state index in [0.717, 1.165) is 0 Å². The summed E-state index contributed by atoms with van der Waals surface area (Å²) >= 11 is 7.16. The molecule has 0 aliphatic carbocycles. The molecule has 0 saturated carbocycles. The molecule has 0 aromatic carbocycles. The maximum Gasteiger partial charge on any atom is 0.0402 e. The molecule has 1 heterocycles. The Kier molecular flexibility index (Phi) is 1.62. The first-order valence-corrected chi connectivity index (χ1v) is 3.40. The highest BCUT2D eigenvalue weighted by atomic mass is 35.5. The first-order chi connectivity index (χ1) is 2.93. The molecule has 1 saturated heterocycles. The third-order valence-corrected chi connectivity index (χ3v) is 2.38. The number of halogens is 1. The van der Waals surface area contributed by atoms with E-state index >= 15 is 0 Å².